The van der Waals surface area contributed by atoms with E-state index in [1.807, 2.05) is 12.1 Å². The number of thiocarbonyl (C=S) groups is 1. The molecule has 2 fully saturated rings. The van der Waals surface area contributed by atoms with Crippen LogP contribution in [-0.2, 0) is 4.74 Å². The lowest BCUT2D eigenvalue weighted by Gasteiger charge is -2.37. The second-order valence-electron chi connectivity index (χ2n) is 6.59. The molecule has 0 amide bonds. The molecule has 0 saturated carbocycles. The van der Waals surface area contributed by atoms with Gasteiger partial charge in [0.25, 0.3) is 5.69 Å². The van der Waals surface area contributed by atoms with Crippen LogP contribution in [0.1, 0.15) is 0 Å². The van der Waals surface area contributed by atoms with Gasteiger partial charge in [0.15, 0.2) is 5.11 Å². The van der Waals surface area contributed by atoms with Crippen LogP contribution in [0.5, 0.6) is 0 Å². The molecule has 3 rings (SSSR count). The van der Waals surface area contributed by atoms with E-state index in [9.17, 15) is 10.1 Å². The molecule has 0 atom stereocenters. The first-order valence-corrected chi connectivity index (χ1v) is 9.48. The summed E-state index contributed by atoms with van der Waals surface area (Å²) in [6.07, 6.45) is 0. The molecule has 2 N–H and O–H groups in total. The third kappa shape index (κ3) is 5.03. The SMILES string of the molecule is O=[N+]([O-])c1ccc(N2CCN(C(=S)NCC[NH+]3CCOCC3)CC2)cc1. The Bertz CT molecular complexity index is 613. The van der Waals surface area contributed by atoms with E-state index in [-0.39, 0.29) is 10.6 Å². The second-order valence-corrected chi connectivity index (χ2v) is 6.98. The molecule has 0 aromatic heterocycles. The predicted octanol–water partition coefficient (Wildman–Crippen LogP) is -0.494. The number of rotatable bonds is 5. The number of nitro groups is 1. The van der Waals surface area contributed by atoms with Gasteiger partial charge in [-0.25, -0.2) is 0 Å². The van der Waals surface area contributed by atoms with Gasteiger partial charge in [-0.3, -0.25) is 10.1 Å². The maximum absolute atomic E-state index is 10.8. The minimum Gasteiger partial charge on any atom is -0.370 e. The number of benzene rings is 1. The monoisotopic (exact) mass is 380 g/mol. The van der Waals surface area contributed by atoms with Gasteiger partial charge in [0, 0.05) is 44.0 Å². The molecule has 0 unspecified atom stereocenters. The zero-order valence-electron chi connectivity index (χ0n) is 14.9. The summed E-state index contributed by atoms with van der Waals surface area (Å²) >= 11 is 5.53. The Kier molecular flexibility index (Phi) is 6.59. The first-order chi connectivity index (χ1) is 12.6. The summed E-state index contributed by atoms with van der Waals surface area (Å²) in [6.45, 7) is 9.21. The summed E-state index contributed by atoms with van der Waals surface area (Å²) in [5.74, 6) is 0. The van der Waals surface area contributed by atoms with E-state index >= 15 is 0 Å². The normalized spacial score (nSPS) is 18.6. The number of anilines is 1. The van der Waals surface area contributed by atoms with E-state index in [2.05, 4.69) is 15.1 Å². The minimum absolute atomic E-state index is 0.125. The van der Waals surface area contributed by atoms with Gasteiger partial charge in [0.1, 0.15) is 13.1 Å². The summed E-state index contributed by atoms with van der Waals surface area (Å²) in [7, 11) is 0. The molecule has 0 radical (unpaired) electrons. The van der Waals surface area contributed by atoms with Crippen LogP contribution in [0.15, 0.2) is 24.3 Å². The van der Waals surface area contributed by atoms with Crippen LogP contribution in [0.4, 0.5) is 11.4 Å². The quantitative estimate of drug-likeness (QED) is 0.405. The zero-order chi connectivity index (χ0) is 18.4. The third-order valence-electron chi connectivity index (χ3n) is 4.95. The van der Waals surface area contributed by atoms with Crippen LogP contribution < -0.4 is 15.1 Å². The Morgan fingerprint density at radius 3 is 2.46 bits per heavy atom. The number of non-ortho nitro benzene ring substituents is 1. The van der Waals surface area contributed by atoms with Crippen molar-refractivity contribution in [2.45, 2.75) is 0 Å². The van der Waals surface area contributed by atoms with Gasteiger partial charge >= 0.3 is 0 Å². The molecule has 2 saturated heterocycles. The Morgan fingerprint density at radius 1 is 1.19 bits per heavy atom. The third-order valence-corrected chi connectivity index (χ3v) is 5.35. The lowest BCUT2D eigenvalue weighted by Crippen LogP contribution is -3.14. The molecule has 0 spiro atoms. The lowest BCUT2D eigenvalue weighted by atomic mass is 10.2. The smallest absolute Gasteiger partial charge is 0.269 e. The number of hydrogen-bond donors (Lipinski definition) is 2. The topological polar surface area (TPSA) is 75.3 Å². The molecule has 142 valence electrons. The summed E-state index contributed by atoms with van der Waals surface area (Å²) in [6, 6.07) is 6.74. The maximum atomic E-state index is 10.8. The van der Waals surface area contributed by atoms with E-state index in [1.165, 1.54) is 0 Å². The van der Waals surface area contributed by atoms with Gasteiger partial charge in [0.2, 0.25) is 0 Å². The van der Waals surface area contributed by atoms with Gasteiger partial charge in [0.05, 0.1) is 31.2 Å². The summed E-state index contributed by atoms with van der Waals surface area (Å²) in [5, 5.41) is 14.9. The number of nitro benzene ring substituents is 1. The summed E-state index contributed by atoms with van der Waals surface area (Å²) in [5.41, 5.74) is 1.14. The number of hydrogen-bond acceptors (Lipinski definition) is 5. The predicted molar refractivity (Wildman–Crippen MR) is 104 cm³/mol. The van der Waals surface area contributed by atoms with Crippen LogP contribution in [0, 0.1) is 10.1 Å². The highest BCUT2D eigenvalue weighted by atomic mass is 32.1. The molecule has 1 aromatic carbocycles. The van der Waals surface area contributed by atoms with Gasteiger partial charge in [-0.1, -0.05) is 0 Å². The molecular formula is C17H26N5O3S+. The van der Waals surface area contributed by atoms with E-state index < -0.39 is 0 Å². The van der Waals surface area contributed by atoms with Gasteiger partial charge < -0.3 is 24.8 Å². The highest BCUT2D eigenvalue weighted by molar-refractivity contribution is 7.80. The molecule has 0 bridgehead atoms. The van der Waals surface area contributed by atoms with Crippen molar-refractivity contribution < 1.29 is 14.6 Å². The van der Waals surface area contributed by atoms with Crippen LogP contribution >= 0.6 is 12.2 Å². The average Bonchev–Trinajstić information content (AvgIpc) is 2.69. The molecular weight excluding hydrogens is 354 g/mol. The van der Waals surface area contributed by atoms with E-state index in [4.69, 9.17) is 17.0 Å². The van der Waals surface area contributed by atoms with Gasteiger partial charge in [-0.05, 0) is 24.4 Å². The molecule has 26 heavy (non-hydrogen) atoms. The fourth-order valence-electron chi connectivity index (χ4n) is 3.32. The number of nitrogens with zero attached hydrogens (tertiary/aromatic N) is 3. The number of nitrogens with one attached hydrogen (secondary N) is 2. The molecule has 2 aliphatic heterocycles. The standard InChI is InChI=1S/C17H25N5O3S/c23-22(24)16-3-1-15(2-4-16)20-7-9-21(10-8-20)17(26)18-5-6-19-11-13-25-14-12-19/h1-4H,5-14H2,(H,18,26)/p+1. The zero-order valence-corrected chi connectivity index (χ0v) is 15.7. The Morgan fingerprint density at radius 2 is 1.85 bits per heavy atom. The summed E-state index contributed by atoms with van der Waals surface area (Å²) in [4.78, 5) is 16.4. The Labute approximate surface area is 158 Å². The molecule has 1 aromatic rings. The van der Waals surface area contributed by atoms with Crippen LogP contribution in [0.25, 0.3) is 0 Å². The fraction of sp³-hybridized carbons (Fsp3) is 0.588. The van der Waals surface area contributed by atoms with Crippen LogP contribution in [-0.4, -0.2) is 80.5 Å². The van der Waals surface area contributed by atoms with Crippen molar-refractivity contribution in [3.05, 3.63) is 34.4 Å². The highest BCUT2D eigenvalue weighted by Crippen LogP contribution is 2.20. The molecule has 2 heterocycles. The van der Waals surface area contributed by atoms with Crippen molar-refractivity contribution in [1.82, 2.24) is 10.2 Å². The highest BCUT2D eigenvalue weighted by Gasteiger charge is 2.20. The van der Waals surface area contributed by atoms with E-state index in [1.54, 1.807) is 17.0 Å². The fourth-order valence-corrected chi connectivity index (χ4v) is 3.61. The summed E-state index contributed by atoms with van der Waals surface area (Å²) < 4.78 is 5.37. The number of ether oxygens (including phenoxy) is 1. The Hall–Kier alpha value is -1.97. The van der Waals surface area contributed by atoms with Crippen molar-refractivity contribution in [2.24, 2.45) is 0 Å². The first-order valence-electron chi connectivity index (χ1n) is 9.07. The molecule has 2 aliphatic rings. The van der Waals surface area contributed by atoms with Crippen molar-refractivity contribution in [3.63, 3.8) is 0 Å². The van der Waals surface area contributed by atoms with Gasteiger partial charge in [-0.15, -0.1) is 0 Å². The van der Waals surface area contributed by atoms with Crippen molar-refractivity contribution in [2.75, 3.05) is 70.5 Å². The molecule has 0 aliphatic carbocycles. The van der Waals surface area contributed by atoms with E-state index in [0.29, 0.717) is 0 Å². The van der Waals surface area contributed by atoms with Crippen LogP contribution in [0.3, 0.4) is 0 Å². The average molecular weight is 380 g/mol. The van der Waals surface area contributed by atoms with E-state index in [0.717, 1.165) is 76.4 Å². The van der Waals surface area contributed by atoms with Crippen molar-refractivity contribution >= 4 is 28.7 Å². The van der Waals surface area contributed by atoms with Crippen LogP contribution in [0.2, 0.25) is 0 Å². The lowest BCUT2D eigenvalue weighted by molar-refractivity contribution is -0.906. The second kappa shape index (κ2) is 9.11. The number of quaternary nitrogens is 1. The first kappa shape index (κ1) is 18.8. The molecule has 8 nitrogen and oxygen atoms in total. The largest absolute Gasteiger partial charge is 0.370 e. The van der Waals surface area contributed by atoms with Gasteiger partial charge in [-0.2, -0.15) is 0 Å². The van der Waals surface area contributed by atoms with Crippen molar-refractivity contribution in [1.29, 1.82) is 0 Å². The van der Waals surface area contributed by atoms with Crippen molar-refractivity contribution in [3.8, 4) is 0 Å². The number of piperazine rings is 1. The number of morpholine rings is 1. The maximum Gasteiger partial charge on any atom is 0.269 e. The Balaban J connectivity index is 1.39. The molecule has 9 heteroatoms. The minimum atomic E-state index is -0.371.